The molecule has 0 bridgehead atoms. The second kappa shape index (κ2) is 6.11. The van der Waals surface area contributed by atoms with Gasteiger partial charge < -0.3 is 14.6 Å². The standard InChI is InChI=1S/C14H14O6S/c15-7-10-2-1-3-11(6-10)8-21(18,19)9-12-4-5-13(20-12)14(16)17/h1-6,15H,7-9H2,(H,16,17). The molecule has 0 spiro atoms. The van der Waals surface area contributed by atoms with Crippen LogP contribution in [0.15, 0.2) is 40.8 Å². The summed E-state index contributed by atoms with van der Waals surface area (Å²) >= 11 is 0. The molecular weight excluding hydrogens is 296 g/mol. The van der Waals surface area contributed by atoms with Crippen LogP contribution in [0.4, 0.5) is 0 Å². The number of carboxylic acids is 1. The highest BCUT2D eigenvalue weighted by Crippen LogP contribution is 2.16. The van der Waals surface area contributed by atoms with Gasteiger partial charge in [-0.15, -0.1) is 0 Å². The highest BCUT2D eigenvalue weighted by molar-refractivity contribution is 7.89. The molecule has 1 heterocycles. The summed E-state index contributed by atoms with van der Waals surface area (Å²) in [5.41, 5.74) is 1.19. The van der Waals surface area contributed by atoms with Crippen LogP contribution >= 0.6 is 0 Å². The van der Waals surface area contributed by atoms with Gasteiger partial charge in [0.2, 0.25) is 5.76 Å². The van der Waals surface area contributed by atoms with Gasteiger partial charge in [0.25, 0.3) is 0 Å². The van der Waals surface area contributed by atoms with Crippen LogP contribution in [0, 0.1) is 0 Å². The predicted molar refractivity (Wildman–Crippen MR) is 74.4 cm³/mol. The molecular formula is C14H14O6S. The Kier molecular flexibility index (Phi) is 4.44. The van der Waals surface area contributed by atoms with E-state index < -0.39 is 15.8 Å². The molecule has 1 aromatic carbocycles. The van der Waals surface area contributed by atoms with Gasteiger partial charge in [-0.3, -0.25) is 0 Å². The maximum atomic E-state index is 12.1. The fraction of sp³-hybridized carbons (Fsp3) is 0.214. The molecule has 21 heavy (non-hydrogen) atoms. The summed E-state index contributed by atoms with van der Waals surface area (Å²) in [4.78, 5) is 10.7. The van der Waals surface area contributed by atoms with Gasteiger partial charge in [-0.05, 0) is 23.3 Å². The summed E-state index contributed by atoms with van der Waals surface area (Å²) in [6, 6.07) is 9.20. The van der Waals surface area contributed by atoms with Crippen LogP contribution in [0.1, 0.15) is 27.4 Å². The number of furan rings is 1. The van der Waals surface area contributed by atoms with E-state index in [-0.39, 0.29) is 29.6 Å². The van der Waals surface area contributed by atoms with Gasteiger partial charge in [0.15, 0.2) is 9.84 Å². The second-order valence-corrected chi connectivity index (χ2v) is 6.65. The number of rotatable bonds is 6. The topological polar surface area (TPSA) is 105 Å². The number of carbonyl (C=O) groups is 1. The summed E-state index contributed by atoms with van der Waals surface area (Å²) in [7, 11) is -3.49. The zero-order valence-electron chi connectivity index (χ0n) is 11.0. The summed E-state index contributed by atoms with van der Waals surface area (Å²) < 4.78 is 29.1. The van der Waals surface area contributed by atoms with Gasteiger partial charge >= 0.3 is 5.97 Å². The first-order valence-electron chi connectivity index (χ1n) is 6.11. The third-order valence-corrected chi connectivity index (χ3v) is 4.29. The van der Waals surface area contributed by atoms with Crippen molar-refractivity contribution in [3.05, 3.63) is 59.0 Å². The zero-order chi connectivity index (χ0) is 15.5. The van der Waals surface area contributed by atoms with Gasteiger partial charge in [0, 0.05) is 0 Å². The first-order valence-corrected chi connectivity index (χ1v) is 7.93. The molecule has 2 N–H and O–H groups in total. The van der Waals surface area contributed by atoms with Crippen molar-refractivity contribution < 1.29 is 27.8 Å². The lowest BCUT2D eigenvalue weighted by Crippen LogP contribution is -2.07. The largest absolute Gasteiger partial charge is 0.475 e. The molecule has 0 aliphatic heterocycles. The van der Waals surface area contributed by atoms with E-state index in [2.05, 4.69) is 0 Å². The normalized spacial score (nSPS) is 11.5. The minimum atomic E-state index is -3.49. The smallest absolute Gasteiger partial charge is 0.371 e. The van der Waals surface area contributed by atoms with Crippen molar-refractivity contribution >= 4 is 15.8 Å². The molecule has 0 radical (unpaired) electrons. The van der Waals surface area contributed by atoms with E-state index in [1.807, 2.05) is 0 Å². The molecule has 2 rings (SSSR count). The van der Waals surface area contributed by atoms with Crippen LogP contribution in [-0.2, 0) is 27.9 Å². The maximum absolute atomic E-state index is 12.1. The quantitative estimate of drug-likeness (QED) is 0.839. The molecule has 0 unspecified atom stereocenters. The fourth-order valence-electron chi connectivity index (χ4n) is 1.91. The molecule has 6 nitrogen and oxygen atoms in total. The number of aromatic carboxylic acids is 1. The van der Waals surface area contributed by atoms with E-state index in [0.29, 0.717) is 11.1 Å². The molecule has 0 aliphatic carbocycles. The Morgan fingerprint density at radius 2 is 1.81 bits per heavy atom. The average Bonchev–Trinajstić information content (AvgIpc) is 2.86. The fourth-order valence-corrected chi connectivity index (χ4v) is 3.29. The zero-order valence-corrected chi connectivity index (χ0v) is 11.8. The van der Waals surface area contributed by atoms with E-state index in [0.717, 1.165) is 0 Å². The summed E-state index contributed by atoms with van der Waals surface area (Å²) in [6.45, 7) is -0.159. The van der Waals surface area contributed by atoms with Gasteiger partial charge in [0.1, 0.15) is 11.5 Å². The Labute approximate surface area is 121 Å². The van der Waals surface area contributed by atoms with Crippen LogP contribution in [0.5, 0.6) is 0 Å². The molecule has 0 atom stereocenters. The lowest BCUT2D eigenvalue weighted by Gasteiger charge is -2.04. The molecule has 0 fully saturated rings. The van der Waals surface area contributed by atoms with Gasteiger partial charge in [-0.2, -0.15) is 0 Å². The molecule has 0 aliphatic rings. The second-order valence-electron chi connectivity index (χ2n) is 4.58. The van der Waals surface area contributed by atoms with Gasteiger partial charge in [-0.1, -0.05) is 24.3 Å². The first-order chi connectivity index (χ1) is 9.89. The van der Waals surface area contributed by atoms with Crippen LogP contribution < -0.4 is 0 Å². The van der Waals surface area contributed by atoms with Crippen LogP contribution in [0.3, 0.4) is 0 Å². The lowest BCUT2D eigenvalue weighted by atomic mass is 10.1. The monoisotopic (exact) mass is 310 g/mol. The van der Waals surface area contributed by atoms with E-state index in [9.17, 15) is 13.2 Å². The van der Waals surface area contributed by atoms with Crippen molar-refractivity contribution in [2.45, 2.75) is 18.1 Å². The highest BCUT2D eigenvalue weighted by Gasteiger charge is 2.17. The third kappa shape index (κ3) is 4.17. The number of hydrogen-bond acceptors (Lipinski definition) is 5. The lowest BCUT2D eigenvalue weighted by molar-refractivity contribution is 0.0660. The van der Waals surface area contributed by atoms with Crippen LogP contribution in [0.25, 0.3) is 0 Å². The predicted octanol–water partition coefficient (Wildman–Crippen LogP) is 1.59. The van der Waals surface area contributed by atoms with E-state index in [1.165, 1.54) is 12.1 Å². The minimum Gasteiger partial charge on any atom is -0.475 e. The number of sulfone groups is 1. The van der Waals surface area contributed by atoms with Crippen molar-refractivity contribution in [2.75, 3.05) is 0 Å². The summed E-state index contributed by atoms with van der Waals surface area (Å²) in [5, 5.41) is 17.8. The molecule has 2 aromatic rings. The Balaban J connectivity index is 2.12. The summed E-state index contributed by atoms with van der Waals surface area (Å²) in [6.07, 6.45) is 0. The highest BCUT2D eigenvalue weighted by atomic mass is 32.2. The average molecular weight is 310 g/mol. The SMILES string of the molecule is O=C(O)c1ccc(CS(=O)(=O)Cc2cccc(CO)c2)o1. The maximum Gasteiger partial charge on any atom is 0.371 e. The molecule has 112 valence electrons. The Bertz CT molecular complexity index is 744. The molecule has 1 aromatic heterocycles. The molecule has 7 heteroatoms. The van der Waals surface area contributed by atoms with Crippen molar-refractivity contribution in [2.24, 2.45) is 0 Å². The van der Waals surface area contributed by atoms with Crippen LogP contribution in [0.2, 0.25) is 0 Å². The molecule has 0 saturated heterocycles. The minimum absolute atomic E-state index is 0.0886. The number of aliphatic hydroxyl groups excluding tert-OH is 1. The number of carboxylic acid groups (broad SMARTS) is 1. The third-order valence-electron chi connectivity index (χ3n) is 2.80. The van der Waals surface area contributed by atoms with E-state index in [1.54, 1.807) is 24.3 Å². The first kappa shape index (κ1) is 15.3. The van der Waals surface area contributed by atoms with Gasteiger partial charge in [0.05, 0.1) is 12.4 Å². The van der Waals surface area contributed by atoms with E-state index >= 15 is 0 Å². The van der Waals surface area contributed by atoms with Crippen LogP contribution in [-0.4, -0.2) is 24.6 Å². The van der Waals surface area contributed by atoms with Crippen molar-refractivity contribution in [3.8, 4) is 0 Å². The summed E-state index contributed by atoms with van der Waals surface area (Å²) in [5.74, 6) is -2.02. The Morgan fingerprint density at radius 1 is 1.10 bits per heavy atom. The number of aliphatic hydroxyl groups is 1. The Hall–Kier alpha value is -2.12. The molecule has 0 saturated carbocycles. The number of hydrogen-bond donors (Lipinski definition) is 2. The van der Waals surface area contributed by atoms with E-state index in [4.69, 9.17) is 14.6 Å². The van der Waals surface area contributed by atoms with Gasteiger partial charge in [-0.25, -0.2) is 13.2 Å². The number of benzene rings is 1. The molecule has 0 amide bonds. The van der Waals surface area contributed by atoms with Crippen molar-refractivity contribution in [1.29, 1.82) is 0 Å². The Morgan fingerprint density at radius 3 is 2.43 bits per heavy atom. The van der Waals surface area contributed by atoms with Crippen molar-refractivity contribution in [3.63, 3.8) is 0 Å². The van der Waals surface area contributed by atoms with Crippen molar-refractivity contribution in [1.82, 2.24) is 0 Å².